The van der Waals surface area contributed by atoms with E-state index >= 15 is 0 Å². The van der Waals surface area contributed by atoms with Crippen LogP contribution in [0.3, 0.4) is 0 Å². The summed E-state index contributed by atoms with van der Waals surface area (Å²) < 4.78 is 20.3. The molecule has 0 aliphatic heterocycles. The Morgan fingerprint density at radius 2 is 1.59 bits per heavy atom. The predicted molar refractivity (Wildman–Crippen MR) is 64.2 cm³/mol. The topological polar surface area (TPSA) is 77.8 Å². The van der Waals surface area contributed by atoms with Crippen LogP contribution in [0.5, 0.6) is 11.5 Å². The summed E-state index contributed by atoms with van der Waals surface area (Å²) in [6.07, 6.45) is 0. The molecule has 2 aromatic carbocycles. The standard InChI is InChI=1S/C12H10O4S/c13-9-6-7-10(17(15)16)11(12(9)14)8-4-2-1-3-5-8/h1-7,13-14H,(H,15,16). The first kappa shape index (κ1) is 11.6. The first-order valence-electron chi connectivity index (χ1n) is 4.82. The quantitative estimate of drug-likeness (QED) is 0.564. The fourth-order valence-electron chi connectivity index (χ4n) is 1.59. The van der Waals surface area contributed by atoms with Gasteiger partial charge in [0.25, 0.3) is 0 Å². The molecule has 2 rings (SSSR count). The molecule has 17 heavy (non-hydrogen) atoms. The molecule has 4 nitrogen and oxygen atoms in total. The van der Waals surface area contributed by atoms with Gasteiger partial charge in [-0.25, -0.2) is 4.21 Å². The van der Waals surface area contributed by atoms with Crippen LogP contribution >= 0.6 is 0 Å². The first-order valence-corrected chi connectivity index (χ1v) is 5.93. The Labute approximate surface area is 100 Å². The summed E-state index contributed by atoms with van der Waals surface area (Å²) in [5, 5.41) is 19.2. The van der Waals surface area contributed by atoms with Crippen molar-refractivity contribution in [2.75, 3.05) is 0 Å². The van der Waals surface area contributed by atoms with Crippen molar-refractivity contribution < 1.29 is 19.0 Å². The van der Waals surface area contributed by atoms with Crippen molar-refractivity contribution in [2.45, 2.75) is 4.90 Å². The second-order valence-electron chi connectivity index (χ2n) is 3.42. The van der Waals surface area contributed by atoms with Crippen molar-refractivity contribution in [3.8, 4) is 22.6 Å². The van der Waals surface area contributed by atoms with Crippen molar-refractivity contribution in [1.29, 1.82) is 0 Å². The molecule has 5 heteroatoms. The molecule has 3 N–H and O–H groups in total. The molecule has 0 spiro atoms. The van der Waals surface area contributed by atoms with Crippen LogP contribution in [-0.2, 0) is 11.1 Å². The van der Waals surface area contributed by atoms with Gasteiger partial charge in [0.1, 0.15) is 0 Å². The third-order valence-electron chi connectivity index (χ3n) is 2.37. The van der Waals surface area contributed by atoms with E-state index in [1.54, 1.807) is 30.3 Å². The Balaban J connectivity index is 2.74. The second kappa shape index (κ2) is 4.57. The first-order chi connectivity index (χ1) is 8.11. The summed E-state index contributed by atoms with van der Waals surface area (Å²) in [5.74, 6) is -0.714. The van der Waals surface area contributed by atoms with Crippen LogP contribution in [0.4, 0.5) is 0 Å². The minimum Gasteiger partial charge on any atom is -0.504 e. The third kappa shape index (κ3) is 2.15. The zero-order valence-corrected chi connectivity index (χ0v) is 9.52. The van der Waals surface area contributed by atoms with Gasteiger partial charge in [-0.1, -0.05) is 30.3 Å². The zero-order chi connectivity index (χ0) is 12.4. The molecular formula is C12H10O4S. The highest BCUT2D eigenvalue weighted by molar-refractivity contribution is 7.79. The van der Waals surface area contributed by atoms with Crippen molar-refractivity contribution >= 4 is 11.1 Å². The Morgan fingerprint density at radius 1 is 0.941 bits per heavy atom. The summed E-state index contributed by atoms with van der Waals surface area (Å²) in [4.78, 5) is 0.0616. The van der Waals surface area contributed by atoms with E-state index in [4.69, 9.17) is 4.55 Å². The molecule has 0 saturated carbocycles. The smallest absolute Gasteiger partial charge is 0.187 e. The van der Waals surface area contributed by atoms with Gasteiger partial charge >= 0.3 is 0 Å². The van der Waals surface area contributed by atoms with Crippen molar-refractivity contribution in [2.24, 2.45) is 0 Å². The molecular weight excluding hydrogens is 240 g/mol. The molecule has 1 atom stereocenters. The maximum Gasteiger partial charge on any atom is 0.187 e. The van der Waals surface area contributed by atoms with E-state index in [-0.39, 0.29) is 16.2 Å². The lowest BCUT2D eigenvalue weighted by Gasteiger charge is -2.10. The maximum atomic E-state index is 11.2. The fourth-order valence-corrected chi connectivity index (χ4v) is 2.16. The summed E-state index contributed by atoms with van der Waals surface area (Å²) in [7, 11) is 0. The highest BCUT2D eigenvalue weighted by Crippen LogP contribution is 2.40. The van der Waals surface area contributed by atoms with Crippen LogP contribution in [0.15, 0.2) is 47.4 Å². The van der Waals surface area contributed by atoms with E-state index in [2.05, 4.69) is 0 Å². The van der Waals surface area contributed by atoms with Crippen LogP contribution in [0, 0.1) is 0 Å². The Kier molecular flexibility index (Phi) is 3.12. The van der Waals surface area contributed by atoms with E-state index in [1.807, 2.05) is 0 Å². The molecule has 0 aromatic heterocycles. The Morgan fingerprint density at radius 3 is 2.18 bits per heavy atom. The largest absolute Gasteiger partial charge is 0.504 e. The van der Waals surface area contributed by atoms with Gasteiger partial charge in [-0.05, 0) is 17.7 Å². The molecule has 0 amide bonds. The second-order valence-corrected chi connectivity index (χ2v) is 4.36. The highest BCUT2D eigenvalue weighted by atomic mass is 32.2. The van der Waals surface area contributed by atoms with Crippen LogP contribution < -0.4 is 0 Å². The lowest BCUT2D eigenvalue weighted by Crippen LogP contribution is -1.93. The Hall–Kier alpha value is -1.85. The van der Waals surface area contributed by atoms with E-state index in [0.717, 1.165) is 0 Å². The van der Waals surface area contributed by atoms with Gasteiger partial charge in [-0.3, -0.25) is 0 Å². The van der Waals surface area contributed by atoms with E-state index in [0.29, 0.717) is 5.56 Å². The number of hydrogen-bond acceptors (Lipinski definition) is 3. The average Bonchev–Trinajstić information content (AvgIpc) is 2.33. The number of hydrogen-bond donors (Lipinski definition) is 3. The SMILES string of the molecule is O=S(O)c1ccc(O)c(O)c1-c1ccccc1. The predicted octanol–water partition coefficient (Wildman–Crippen LogP) is 2.35. The van der Waals surface area contributed by atoms with Crippen molar-refractivity contribution in [3.05, 3.63) is 42.5 Å². The van der Waals surface area contributed by atoms with E-state index in [9.17, 15) is 14.4 Å². The van der Waals surface area contributed by atoms with Gasteiger partial charge in [0.2, 0.25) is 0 Å². The molecule has 0 fully saturated rings. The number of phenols is 2. The van der Waals surface area contributed by atoms with Crippen LogP contribution in [0.25, 0.3) is 11.1 Å². The summed E-state index contributed by atoms with van der Waals surface area (Å²) in [6.45, 7) is 0. The summed E-state index contributed by atoms with van der Waals surface area (Å²) >= 11 is -2.23. The molecule has 0 saturated heterocycles. The minimum atomic E-state index is -2.23. The van der Waals surface area contributed by atoms with Gasteiger partial charge in [-0.15, -0.1) is 0 Å². The zero-order valence-electron chi connectivity index (χ0n) is 8.70. The fraction of sp³-hybridized carbons (Fsp3) is 0. The van der Waals surface area contributed by atoms with Gasteiger partial charge in [-0.2, -0.15) is 0 Å². The monoisotopic (exact) mass is 250 g/mol. The highest BCUT2D eigenvalue weighted by Gasteiger charge is 2.17. The molecule has 88 valence electrons. The molecule has 0 aliphatic rings. The number of rotatable bonds is 2. The van der Waals surface area contributed by atoms with Crippen LogP contribution in [0.1, 0.15) is 0 Å². The molecule has 0 radical (unpaired) electrons. The number of aromatic hydroxyl groups is 2. The van der Waals surface area contributed by atoms with Crippen molar-refractivity contribution in [1.82, 2.24) is 0 Å². The van der Waals surface area contributed by atoms with Gasteiger partial charge < -0.3 is 14.8 Å². The van der Waals surface area contributed by atoms with Crippen molar-refractivity contribution in [3.63, 3.8) is 0 Å². The minimum absolute atomic E-state index is 0.0616. The molecule has 1 unspecified atom stereocenters. The molecule has 0 bridgehead atoms. The third-order valence-corrected chi connectivity index (χ3v) is 3.09. The van der Waals surface area contributed by atoms with Crippen LogP contribution in [-0.4, -0.2) is 19.0 Å². The van der Waals surface area contributed by atoms with E-state index < -0.39 is 16.8 Å². The molecule has 2 aromatic rings. The molecule has 0 heterocycles. The maximum absolute atomic E-state index is 11.2. The lowest BCUT2D eigenvalue weighted by atomic mass is 10.0. The lowest BCUT2D eigenvalue weighted by molar-refractivity contribution is 0.404. The molecule has 0 aliphatic carbocycles. The number of phenolic OH excluding ortho intramolecular Hbond substituents is 2. The summed E-state index contributed by atoms with van der Waals surface area (Å²) in [5.41, 5.74) is 0.740. The van der Waals surface area contributed by atoms with Crippen LogP contribution in [0.2, 0.25) is 0 Å². The van der Waals surface area contributed by atoms with E-state index in [1.165, 1.54) is 12.1 Å². The Bertz CT molecular complexity index is 566. The summed E-state index contributed by atoms with van der Waals surface area (Å²) in [6, 6.07) is 11.1. The van der Waals surface area contributed by atoms with Gasteiger partial charge in [0.15, 0.2) is 22.6 Å². The normalized spacial score (nSPS) is 12.3. The average molecular weight is 250 g/mol. The van der Waals surface area contributed by atoms with Gasteiger partial charge in [0, 0.05) is 5.56 Å². The van der Waals surface area contributed by atoms with Gasteiger partial charge in [0.05, 0.1) is 4.90 Å². The number of benzene rings is 2.